The molecule has 0 unspecified atom stereocenters. The van der Waals surface area contributed by atoms with Gasteiger partial charge in [-0.2, -0.15) is 13.2 Å². The summed E-state index contributed by atoms with van der Waals surface area (Å²) in [6.07, 6.45) is -0.939. The van der Waals surface area contributed by atoms with Crippen LogP contribution in [0.1, 0.15) is 18.5 Å². The van der Waals surface area contributed by atoms with E-state index in [4.69, 9.17) is 0 Å². The molecule has 8 nitrogen and oxygen atoms in total. The van der Waals surface area contributed by atoms with Crippen LogP contribution in [0.25, 0.3) is 10.6 Å². The van der Waals surface area contributed by atoms with Gasteiger partial charge >= 0.3 is 6.18 Å². The van der Waals surface area contributed by atoms with Crippen molar-refractivity contribution in [2.75, 3.05) is 37.0 Å². The van der Waals surface area contributed by atoms with Gasteiger partial charge in [-0.1, -0.05) is 11.3 Å². The number of sulfonamides is 1. The van der Waals surface area contributed by atoms with Gasteiger partial charge in [-0.3, -0.25) is 0 Å². The Kier molecular flexibility index (Phi) is 5.77. The number of hydrogen-bond acceptors (Lipinski definition) is 8. The van der Waals surface area contributed by atoms with Gasteiger partial charge in [0.25, 0.3) is 0 Å². The van der Waals surface area contributed by atoms with Crippen LogP contribution in [0.2, 0.25) is 0 Å². The van der Waals surface area contributed by atoms with Crippen molar-refractivity contribution in [3.05, 3.63) is 18.0 Å². The molecule has 0 atom stereocenters. The van der Waals surface area contributed by atoms with Crippen LogP contribution < -0.4 is 10.6 Å². The van der Waals surface area contributed by atoms with Crippen molar-refractivity contribution in [2.45, 2.75) is 25.1 Å². The lowest BCUT2D eigenvalue weighted by atomic mass is 10.1. The van der Waals surface area contributed by atoms with Crippen molar-refractivity contribution in [3.63, 3.8) is 0 Å². The summed E-state index contributed by atoms with van der Waals surface area (Å²) in [5.41, 5.74) is -0.870. The van der Waals surface area contributed by atoms with Gasteiger partial charge < -0.3 is 10.6 Å². The van der Waals surface area contributed by atoms with E-state index in [1.54, 1.807) is 0 Å². The molecule has 2 aromatic heterocycles. The Morgan fingerprint density at radius 3 is 2.50 bits per heavy atom. The summed E-state index contributed by atoms with van der Waals surface area (Å²) in [5.74, 6) is 0.197. The van der Waals surface area contributed by atoms with Gasteiger partial charge in [-0.05, 0) is 18.9 Å². The molecule has 0 bridgehead atoms. The Bertz CT molecular complexity index is 939. The highest BCUT2D eigenvalue weighted by atomic mass is 32.2. The Morgan fingerprint density at radius 1 is 1.25 bits per heavy atom. The Balaban J connectivity index is 1.78. The smallest absolute Gasteiger partial charge is 0.365 e. The number of rotatable bonds is 5. The predicted octanol–water partition coefficient (Wildman–Crippen LogP) is 2.50. The summed E-state index contributed by atoms with van der Waals surface area (Å²) in [6, 6.07) is 1.34. The van der Waals surface area contributed by atoms with E-state index in [-0.39, 0.29) is 27.7 Å². The second-order valence-electron chi connectivity index (χ2n) is 6.29. The molecule has 1 saturated heterocycles. The van der Waals surface area contributed by atoms with Crippen LogP contribution >= 0.6 is 11.3 Å². The quantitative estimate of drug-likeness (QED) is 0.743. The number of anilines is 2. The molecule has 1 aliphatic heterocycles. The highest BCUT2D eigenvalue weighted by Gasteiger charge is 2.38. The Labute approximate surface area is 164 Å². The van der Waals surface area contributed by atoms with E-state index >= 15 is 0 Å². The molecule has 1 aliphatic rings. The van der Waals surface area contributed by atoms with E-state index in [0.717, 1.165) is 11.3 Å². The van der Waals surface area contributed by atoms with Gasteiger partial charge in [0.1, 0.15) is 0 Å². The molecule has 154 valence electrons. The zero-order valence-corrected chi connectivity index (χ0v) is 16.7. The van der Waals surface area contributed by atoms with Gasteiger partial charge in [0, 0.05) is 32.4 Å². The summed E-state index contributed by atoms with van der Waals surface area (Å²) in [4.78, 5) is 11.8. The first-order valence-electron chi connectivity index (χ1n) is 8.39. The maximum atomic E-state index is 13.3. The van der Waals surface area contributed by atoms with Crippen molar-refractivity contribution >= 4 is 32.4 Å². The molecular formula is C15H19F3N6O2S2. The number of aromatic nitrogens is 3. The van der Waals surface area contributed by atoms with Crippen molar-refractivity contribution in [1.29, 1.82) is 0 Å². The van der Waals surface area contributed by atoms with Crippen LogP contribution in [0.4, 0.5) is 24.3 Å². The van der Waals surface area contributed by atoms with Gasteiger partial charge in [0.05, 0.1) is 16.8 Å². The minimum absolute atomic E-state index is 0.0651. The average molecular weight is 436 g/mol. The van der Waals surface area contributed by atoms with Crippen LogP contribution in [0, 0.1) is 0 Å². The van der Waals surface area contributed by atoms with E-state index in [0.29, 0.717) is 25.9 Å². The number of nitrogens with one attached hydrogen (secondary N) is 2. The monoisotopic (exact) mass is 436 g/mol. The third-order valence-electron chi connectivity index (χ3n) is 4.25. The van der Waals surface area contributed by atoms with Gasteiger partial charge in [0.2, 0.25) is 16.0 Å². The maximum Gasteiger partial charge on any atom is 0.434 e. The molecule has 0 aliphatic carbocycles. The predicted molar refractivity (Wildman–Crippen MR) is 101 cm³/mol. The normalized spacial score (nSPS) is 16.9. The largest absolute Gasteiger partial charge is 0.434 e. The van der Waals surface area contributed by atoms with Crippen LogP contribution in [-0.4, -0.2) is 60.1 Å². The molecule has 0 aromatic carbocycles. The van der Waals surface area contributed by atoms with Gasteiger partial charge in [-0.15, -0.1) is 0 Å². The zero-order chi connectivity index (χ0) is 20.5. The molecule has 0 saturated carbocycles. The molecule has 0 amide bonds. The summed E-state index contributed by atoms with van der Waals surface area (Å²) in [5, 5.41) is 5.85. The third-order valence-corrected chi connectivity index (χ3v) is 6.65. The number of nitrogens with zero attached hydrogens (tertiary/aromatic N) is 4. The zero-order valence-electron chi connectivity index (χ0n) is 15.1. The summed E-state index contributed by atoms with van der Waals surface area (Å²) < 4.78 is 64.4. The number of alkyl halides is 3. The summed E-state index contributed by atoms with van der Waals surface area (Å²) in [7, 11) is -1.73. The summed E-state index contributed by atoms with van der Waals surface area (Å²) in [6.45, 7) is 0.740. The van der Waals surface area contributed by atoms with E-state index in [2.05, 4.69) is 25.6 Å². The van der Waals surface area contributed by atoms with Gasteiger partial charge in [0.15, 0.2) is 10.8 Å². The fourth-order valence-electron chi connectivity index (χ4n) is 2.86. The Morgan fingerprint density at radius 2 is 1.93 bits per heavy atom. The molecule has 28 heavy (non-hydrogen) atoms. The molecule has 13 heteroatoms. The van der Waals surface area contributed by atoms with E-state index in [9.17, 15) is 21.6 Å². The van der Waals surface area contributed by atoms with Crippen LogP contribution in [0.5, 0.6) is 0 Å². The number of thiazole rings is 1. The minimum atomic E-state index is -4.60. The molecule has 2 aromatic rings. The molecule has 3 heterocycles. The second kappa shape index (κ2) is 7.79. The van der Waals surface area contributed by atoms with E-state index in [1.807, 2.05) is 0 Å². The number of piperidine rings is 1. The standard InChI is InChI=1S/C15H19F3N6O2S2/c1-19-14-23-12(15(16,17)18)11(27-14)10-3-6-20-13(22-10)21-9-4-7-24(8-5-9)28(2,25)26/h3,6,9H,4-5,7-8H2,1-2H3,(H,19,23)(H,20,21,22). The molecular weight excluding hydrogens is 417 g/mol. The minimum Gasteiger partial charge on any atom is -0.365 e. The molecule has 3 rings (SSSR count). The lowest BCUT2D eigenvalue weighted by Crippen LogP contribution is -2.42. The first-order valence-corrected chi connectivity index (χ1v) is 11.1. The van der Waals surface area contributed by atoms with Crippen molar-refractivity contribution in [2.24, 2.45) is 0 Å². The molecule has 0 radical (unpaired) electrons. The Hall–Kier alpha value is -1.99. The first kappa shape index (κ1) is 20.7. The average Bonchev–Trinajstić information content (AvgIpc) is 3.07. The maximum absolute atomic E-state index is 13.3. The van der Waals surface area contributed by atoms with Crippen LogP contribution in [-0.2, 0) is 16.2 Å². The molecule has 2 N–H and O–H groups in total. The van der Waals surface area contributed by atoms with Crippen LogP contribution in [0.15, 0.2) is 12.3 Å². The SMILES string of the molecule is CNc1nc(C(F)(F)F)c(-c2ccnc(NC3CCN(S(C)(=O)=O)CC3)n2)s1. The first-order chi connectivity index (χ1) is 13.1. The molecule has 1 fully saturated rings. The number of hydrogen-bond donors (Lipinski definition) is 2. The third kappa shape index (κ3) is 4.70. The van der Waals surface area contributed by atoms with Gasteiger partial charge in [-0.25, -0.2) is 27.7 Å². The highest BCUT2D eigenvalue weighted by Crippen LogP contribution is 2.41. The number of halogens is 3. The highest BCUT2D eigenvalue weighted by molar-refractivity contribution is 7.88. The lowest BCUT2D eigenvalue weighted by molar-refractivity contribution is -0.140. The fraction of sp³-hybridized carbons (Fsp3) is 0.533. The topological polar surface area (TPSA) is 100 Å². The summed E-state index contributed by atoms with van der Waals surface area (Å²) >= 11 is 0.864. The van der Waals surface area contributed by atoms with Crippen LogP contribution in [0.3, 0.4) is 0 Å². The van der Waals surface area contributed by atoms with Crippen molar-refractivity contribution in [1.82, 2.24) is 19.3 Å². The fourth-order valence-corrected chi connectivity index (χ4v) is 4.64. The molecule has 0 spiro atoms. The second-order valence-corrected chi connectivity index (χ2v) is 9.27. The van der Waals surface area contributed by atoms with Crippen molar-refractivity contribution in [3.8, 4) is 10.6 Å². The lowest BCUT2D eigenvalue weighted by Gasteiger charge is -2.30. The van der Waals surface area contributed by atoms with E-state index < -0.39 is 21.9 Å². The van der Waals surface area contributed by atoms with E-state index in [1.165, 1.54) is 29.9 Å². The van der Waals surface area contributed by atoms with Crippen molar-refractivity contribution < 1.29 is 21.6 Å².